The van der Waals surface area contributed by atoms with Crippen LogP contribution in [0.3, 0.4) is 0 Å². The molecule has 7 nitrogen and oxygen atoms in total. The van der Waals surface area contributed by atoms with Crippen LogP contribution in [0.4, 0.5) is 27.6 Å². The first-order chi connectivity index (χ1) is 14.9. The van der Waals surface area contributed by atoms with E-state index in [1.165, 1.54) is 6.92 Å². The molecule has 0 amide bonds. The standard InChI is InChI=1S/C19H16ClF5N4O3/c1-7-15(16(20)29-28-7)27-17(30)10-5-12(22)9(13-4-3-11(21)18(31)26-13)6-14(10)32-8(2)19(23,24)25/h3-6,8,17,27,30H,1-2H3,(H,26,31)(H,28,29)/t8-,17?/m0/s1. The van der Waals surface area contributed by atoms with Crippen LogP contribution in [0.25, 0.3) is 11.3 Å². The summed E-state index contributed by atoms with van der Waals surface area (Å²) in [5.74, 6) is -3.65. The van der Waals surface area contributed by atoms with E-state index in [0.29, 0.717) is 5.69 Å². The fourth-order valence-electron chi connectivity index (χ4n) is 2.71. The van der Waals surface area contributed by atoms with Crippen LogP contribution in [-0.4, -0.2) is 37.7 Å². The molecule has 0 fully saturated rings. The Labute approximate surface area is 182 Å². The lowest BCUT2D eigenvalue weighted by molar-refractivity contribution is -0.189. The predicted molar refractivity (Wildman–Crippen MR) is 104 cm³/mol. The molecule has 32 heavy (non-hydrogen) atoms. The lowest BCUT2D eigenvalue weighted by Crippen LogP contribution is -2.31. The molecule has 0 aliphatic carbocycles. The van der Waals surface area contributed by atoms with E-state index < -0.39 is 47.3 Å². The van der Waals surface area contributed by atoms with Gasteiger partial charge in [-0.3, -0.25) is 5.10 Å². The molecular weight excluding hydrogens is 463 g/mol. The first-order valence-corrected chi connectivity index (χ1v) is 9.34. The van der Waals surface area contributed by atoms with Gasteiger partial charge in [0.25, 0.3) is 0 Å². The number of aromatic amines is 1. The molecule has 13 heteroatoms. The number of nitrogens with one attached hydrogen (secondary N) is 2. The number of aliphatic hydroxyl groups excluding tert-OH is 1. The third-order valence-corrected chi connectivity index (χ3v) is 4.72. The highest BCUT2D eigenvalue weighted by Crippen LogP contribution is 2.37. The van der Waals surface area contributed by atoms with Crippen LogP contribution in [0.5, 0.6) is 11.6 Å². The Morgan fingerprint density at radius 2 is 1.88 bits per heavy atom. The quantitative estimate of drug-likeness (QED) is 0.298. The summed E-state index contributed by atoms with van der Waals surface area (Å²) in [6.45, 7) is 2.27. The van der Waals surface area contributed by atoms with Crippen molar-refractivity contribution in [2.24, 2.45) is 0 Å². The van der Waals surface area contributed by atoms with E-state index in [1.54, 1.807) is 0 Å². The number of ether oxygens (including phenoxy) is 1. The van der Waals surface area contributed by atoms with E-state index >= 15 is 0 Å². The van der Waals surface area contributed by atoms with Gasteiger partial charge >= 0.3 is 6.18 Å². The zero-order chi connectivity index (χ0) is 23.8. The van der Waals surface area contributed by atoms with Crippen LogP contribution in [0, 0.1) is 18.6 Å². The van der Waals surface area contributed by atoms with E-state index in [-0.39, 0.29) is 22.1 Å². The Hall–Kier alpha value is -3.12. The first kappa shape index (κ1) is 23.5. The number of benzene rings is 1. The van der Waals surface area contributed by atoms with Gasteiger partial charge < -0.3 is 20.3 Å². The molecule has 172 valence electrons. The van der Waals surface area contributed by atoms with Gasteiger partial charge in [-0.05, 0) is 38.1 Å². The zero-order valence-electron chi connectivity index (χ0n) is 16.4. The van der Waals surface area contributed by atoms with Crippen LogP contribution in [0.1, 0.15) is 24.4 Å². The number of rotatable bonds is 6. The summed E-state index contributed by atoms with van der Waals surface area (Å²) >= 11 is 5.92. The third-order valence-electron chi connectivity index (χ3n) is 4.45. The summed E-state index contributed by atoms with van der Waals surface area (Å²) in [6.07, 6.45) is -8.83. The van der Waals surface area contributed by atoms with E-state index in [0.717, 1.165) is 31.2 Å². The molecule has 0 aliphatic rings. The number of hydrogen-bond donors (Lipinski definition) is 4. The number of aromatic hydroxyl groups is 1. The lowest BCUT2D eigenvalue weighted by Gasteiger charge is -2.23. The maximum absolute atomic E-state index is 14.8. The topological polar surface area (TPSA) is 103 Å². The van der Waals surface area contributed by atoms with Gasteiger partial charge in [-0.1, -0.05) is 11.6 Å². The van der Waals surface area contributed by atoms with E-state index in [2.05, 4.69) is 20.5 Å². The Kier molecular flexibility index (Phi) is 6.46. The molecule has 3 rings (SSSR count). The van der Waals surface area contributed by atoms with E-state index in [1.807, 2.05) is 0 Å². The molecule has 0 aliphatic heterocycles. The number of aryl methyl sites for hydroxylation is 1. The van der Waals surface area contributed by atoms with Crippen LogP contribution < -0.4 is 10.1 Å². The number of anilines is 1. The summed E-state index contributed by atoms with van der Waals surface area (Å²) in [5, 5.41) is 28.8. The minimum absolute atomic E-state index is 0.00996. The summed E-state index contributed by atoms with van der Waals surface area (Å²) < 4.78 is 72.4. The molecule has 4 N–H and O–H groups in total. The largest absolute Gasteiger partial charge is 0.491 e. The van der Waals surface area contributed by atoms with Gasteiger partial charge in [0.15, 0.2) is 18.1 Å². The number of aliphatic hydroxyl groups is 1. The Morgan fingerprint density at radius 3 is 2.44 bits per heavy atom. The average Bonchev–Trinajstić information content (AvgIpc) is 3.02. The van der Waals surface area contributed by atoms with Gasteiger partial charge in [0.05, 0.1) is 17.1 Å². The third kappa shape index (κ3) is 4.86. The Balaban J connectivity index is 2.08. The molecule has 2 heterocycles. The molecule has 1 unspecified atom stereocenters. The number of pyridine rings is 1. The van der Waals surface area contributed by atoms with Gasteiger partial charge in [-0.25, -0.2) is 13.8 Å². The molecule has 2 atom stereocenters. The van der Waals surface area contributed by atoms with Crippen molar-refractivity contribution in [3.63, 3.8) is 0 Å². The Bertz CT molecular complexity index is 1120. The van der Waals surface area contributed by atoms with Gasteiger partial charge in [0.2, 0.25) is 5.88 Å². The maximum Gasteiger partial charge on any atom is 0.425 e. The summed E-state index contributed by atoms with van der Waals surface area (Å²) in [4.78, 5) is 3.49. The highest BCUT2D eigenvalue weighted by atomic mass is 35.5. The van der Waals surface area contributed by atoms with Crippen LogP contribution in [0.15, 0.2) is 24.3 Å². The highest BCUT2D eigenvalue weighted by molar-refractivity contribution is 6.32. The number of alkyl halides is 3. The summed E-state index contributed by atoms with van der Waals surface area (Å²) in [5.41, 5.74) is -0.566. The van der Waals surface area contributed by atoms with Crippen LogP contribution in [0.2, 0.25) is 5.15 Å². The highest BCUT2D eigenvalue weighted by Gasteiger charge is 2.39. The zero-order valence-corrected chi connectivity index (χ0v) is 17.2. The molecule has 0 saturated carbocycles. The van der Waals surface area contributed by atoms with Gasteiger partial charge in [-0.15, -0.1) is 0 Å². The monoisotopic (exact) mass is 478 g/mol. The SMILES string of the molecule is Cc1n[nH]c(Cl)c1NC(O)c1cc(F)c(-c2ccc(F)c(O)n2)cc1O[C@@H](C)C(F)(F)F. The van der Waals surface area contributed by atoms with Crippen molar-refractivity contribution in [1.82, 2.24) is 15.2 Å². The molecule has 0 spiro atoms. The van der Waals surface area contributed by atoms with Crippen molar-refractivity contribution in [3.05, 3.63) is 52.3 Å². The van der Waals surface area contributed by atoms with Crippen molar-refractivity contribution in [3.8, 4) is 22.9 Å². The molecule has 0 bridgehead atoms. The fourth-order valence-corrected chi connectivity index (χ4v) is 2.94. The summed E-state index contributed by atoms with van der Waals surface area (Å²) in [6, 6.07) is 3.43. The van der Waals surface area contributed by atoms with Gasteiger partial charge in [0, 0.05) is 11.1 Å². The molecule has 0 saturated heterocycles. The number of hydrogen-bond acceptors (Lipinski definition) is 6. The van der Waals surface area contributed by atoms with E-state index in [9.17, 15) is 32.2 Å². The van der Waals surface area contributed by atoms with Crippen molar-refractivity contribution < 1.29 is 36.9 Å². The van der Waals surface area contributed by atoms with Crippen molar-refractivity contribution in [2.45, 2.75) is 32.4 Å². The number of aromatic nitrogens is 3. The predicted octanol–water partition coefficient (Wildman–Crippen LogP) is 4.85. The molecule has 0 radical (unpaired) electrons. The average molecular weight is 479 g/mol. The smallest absolute Gasteiger partial charge is 0.425 e. The number of H-pyrrole nitrogens is 1. The second-order valence-electron chi connectivity index (χ2n) is 6.72. The molecule has 2 aromatic heterocycles. The maximum atomic E-state index is 14.8. The molecule has 1 aromatic carbocycles. The van der Waals surface area contributed by atoms with Crippen molar-refractivity contribution in [2.75, 3.05) is 5.32 Å². The second-order valence-corrected chi connectivity index (χ2v) is 7.10. The van der Waals surface area contributed by atoms with Gasteiger partial charge in [-0.2, -0.15) is 18.3 Å². The second kappa shape index (κ2) is 8.79. The minimum Gasteiger partial charge on any atom is -0.491 e. The van der Waals surface area contributed by atoms with Crippen LogP contribution >= 0.6 is 11.6 Å². The minimum atomic E-state index is -4.76. The fraction of sp³-hybridized carbons (Fsp3) is 0.263. The normalized spacial score (nSPS) is 13.7. The molecule has 3 aromatic rings. The number of halogens is 6. The van der Waals surface area contributed by atoms with E-state index in [4.69, 9.17) is 16.3 Å². The van der Waals surface area contributed by atoms with Gasteiger partial charge in [0.1, 0.15) is 16.7 Å². The first-order valence-electron chi connectivity index (χ1n) is 8.96. The number of nitrogens with zero attached hydrogens (tertiary/aromatic N) is 2. The van der Waals surface area contributed by atoms with Crippen LogP contribution in [-0.2, 0) is 0 Å². The lowest BCUT2D eigenvalue weighted by atomic mass is 10.0. The Morgan fingerprint density at radius 1 is 1.19 bits per heavy atom. The molecular formula is C19H16ClF5N4O3. The van der Waals surface area contributed by atoms with Crippen molar-refractivity contribution >= 4 is 17.3 Å². The summed E-state index contributed by atoms with van der Waals surface area (Å²) in [7, 11) is 0. The van der Waals surface area contributed by atoms with Crippen molar-refractivity contribution in [1.29, 1.82) is 0 Å².